The molecule has 0 rings (SSSR count). The van der Waals surface area contributed by atoms with Crippen LogP contribution >= 0.6 is 8.69 Å². The molecule has 0 spiro atoms. The van der Waals surface area contributed by atoms with Gasteiger partial charge in [0.1, 0.15) is 0 Å². The monoisotopic (exact) mass is 228 g/mol. The van der Waals surface area contributed by atoms with E-state index in [0.717, 1.165) is 0 Å². The Bertz CT molecular complexity index is 13.5. The third-order valence-corrected chi connectivity index (χ3v) is 0. The molecular formula is HDyO2P. The summed E-state index contributed by atoms with van der Waals surface area (Å²) >= 11 is 0. The molecule has 0 unspecified atom stereocenters. The Morgan fingerprint density at radius 2 is 1.75 bits per heavy atom. The van der Waals surface area contributed by atoms with Crippen LogP contribution in [0.1, 0.15) is 0 Å². The molecule has 0 aromatic heterocycles. The standard InChI is InChI=1S/Dy.HO2P/c;1-3-2/h;(H,1,2). The molecular weight excluding hydrogens is 225 g/mol. The molecule has 0 fully saturated rings. The topological polar surface area (TPSA) is 37.3 Å². The van der Waals surface area contributed by atoms with E-state index in [1.54, 1.807) is 0 Å². The largest absolute Gasteiger partial charge is 0.324 e. The van der Waals surface area contributed by atoms with Crippen molar-refractivity contribution in [2.24, 2.45) is 0 Å². The molecule has 0 saturated carbocycles. The Labute approximate surface area is 55.9 Å². The molecule has 4 heteroatoms. The van der Waals surface area contributed by atoms with Crippen molar-refractivity contribution in [3.8, 4) is 0 Å². The van der Waals surface area contributed by atoms with E-state index in [1.165, 1.54) is 0 Å². The van der Waals surface area contributed by atoms with Gasteiger partial charge in [-0.3, -0.25) is 0 Å². The van der Waals surface area contributed by atoms with E-state index in [4.69, 9.17) is 9.46 Å². The SMILES string of the molecule is O=PO.[Dy]. The van der Waals surface area contributed by atoms with Crippen molar-refractivity contribution in [2.75, 3.05) is 0 Å². The van der Waals surface area contributed by atoms with Gasteiger partial charge >= 0.3 is 8.69 Å². The van der Waals surface area contributed by atoms with Gasteiger partial charge in [0.15, 0.2) is 0 Å². The fraction of sp³-hybridized carbons (Fsp3) is 0. The molecule has 0 aromatic carbocycles. The number of hydrogen-bond donors (Lipinski definition) is 1. The van der Waals surface area contributed by atoms with E-state index in [1.807, 2.05) is 0 Å². The molecule has 2 nitrogen and oxygen atoms in total. The Balaban J connectivity index is 0. The van der Waals surface area contributed by atoms with Crippen molar-refractivity contribution in [3.05, 3.63) is 0 Å². The van der Waals surface area contributed by atoms with Crippen LogP contribution in [0.3, 0.4) is 0 Å². The fourth-order valence-corrected chi connectivity index (χ4v) is 0. The maximum Gasteiger partial charge on any atom is 0.324 e. The van der Waals surface area contributed by atoms with Gasteiger partial charge in [-0.05, 0) is 0 Å². The predicted octanol–water partition coefficient (Wildman–Crippen LogP) is 0.185. The summed E-state index contributed by atoms with van der Waals surface area (Å²) in [5.41, 5.74) is 0. The van der Waals surface area contributed by atoms with Crippen molar-refractivity contribution in [3.63, 3.8) is 0 Å². The molecule has 4 heavy (non-hydrogen) atoms. The first-order valence-corrected chi connectivity index (χ1v) is 1.15. The van der Waals surface area contributed by atoms with E-state index in [0.29, 0.717) is 0 Å². The Morgan fingerprint density at radius 1 is 1.75 bits per heavy atom. The van der Waals surface area contributed by atoms with Crippen molar-refractivity contribution in [2.45, 2.75) is 0 Å². The third-order valence-electron chi connectivity index (χ3n) is 0. The molecule has 0 bridgehead atoms. The molecule has 1 N–H and O–H groups in total. The fourth-order valence-electron chi connectivity index (χ4n) is 0. The minimum Gasteiger partial charge on any atom is -0.310 e. The molecule has 28 valence electrons. The van der Waals surface area contributed by atoms with Crippen LogP contribution in [0, 0.1) is 38.2 Å². The van der Waals surface area contributed by atoms with Crippen LogP contribution in [0.25, 0.3) is 0 Å². The summed E-state index contributed by atoms with van der Waals surface area (Å²) in [4.78, 5) is 6.99. The van der Waals surface area contributed by atoms with Gasteiger partial charge in [-0.2, -0.15) is 0 Å². The van der Waals surface area contributed by atoms with Gasteiger partial charge < -0.3 is 4.89 Å². The van der Waals surface area contributed by atoms with Gasteiger partial charge in [-0.15, -0.1) is 0 Å². The first-order chi connectivity index (χ1) is 1.41. The van der Waals surface area contributed by atoms with E-state index in [-0.39, 0.29) is 38.2 Å². The van der Waals surface area contributed by atoms with Gasteiger partial charge in [-0.25, -0.2) is 4.57 Å². The average molecular weight is 226 g/mol. The second-order valence-corrected chi connectivity index (χ2v) is 0.245. The van der Waals surface area contributed by atoms with Gasteiger partial charge in [0.25, 0.3) is 0 Å². The van der Waals surface area contributed by atoms with Crippen molar-refractivity contribution >= 4 is 8.69 Å². The van der Waals surface area contributed by atoms with Crippen molar-refractivity contribution < 1.29 is 47.6 Å². The Morgan fingerprint density at radius 3 is 1.75 bits per heavy atom. The first kappa shape index (κ1) is 9.01. The maximum atomic E-state index is 8.46. The molecule has 0 heterocycles. The Hall–Kier alpha value is 1.33. The molecule has 0 aliphatic rings. The van der Waals surface area contributed by atoms with E-state index in [2.05, 4.69) is 0 Å². The molecule has 0 aliphatic carbocycles. The second kappa shape index (κ2) is 8.84. The van der Waals surface area contributed by atoms with Crippen LogP contribution in [-0.4, -0.2) is 4.89 Å². The van der Waals surface area contributed by atoms with Crippen LogP contribution in [0.15, 0.2) is 0 Å². The third kappa shape index (κ3) is 10.2. The van der Waals surface area contributed by atoms with Gasteiger partial charge in [0, 0.05) is 38.2 Å². The van der Waals surface area contributed by atoms with E-state index in [9.17, 15) is 0 Å². The average Bonchev–Trinajstić information content (AvgIpc) is 0.918. The van der Waals surface area contributed by atoms with Gasteiger partial charge in [-0.1, -0.05) is 0 Å². The van der Waals surface area contributed by atoms with Crippen LogP contribution in [0.5, 0.6) is 0 Å². The normalized spacial score (nSPS) is 5.25. The molecule has 0 radical (unpaired) electrons. The quantitative estimate of drug-likeness (QED) is 0.599. The van der Waals surface area contributed by atoms with Gasteiger partial charge in [0.05, 0.1) is 0 Å². The minimum absolute atomic E-state index is 0. The molecule has 0 atom stereocenters. The van der Waals surface area contributed by atoms with Crippen LogP contribution < -0.4 is 0 Å². The smallest absolute Gasteiger partial charge is 0.310 e. The van der Waals surface area contributed by atoms with E-state index >= 15 is 0 Å². The summed E-state index contributed by atoms with van der Waals surface area (Å²) in [5, 5.41) is 0. The predicted molar refractivity (Wildman–Crippen MR) is 9.83 cm³/mol. The zero-order chi connectivity index (χ0) is 2.71. The van der Waals surface area contributed by atoms with Crippen LogP contribution in [0.4, 0.5) is 0 Å². The summed E-state index contributed by atoms with van der Waals surface area (Å²) in [6.07, 6.45) is 0. The van der Waals surface area contributed by atoms with Gasteiger partial charge in [0.2, 0.25) is 0 Å². The number of rotatable bonds is 0. The molecule has 0 saturated heterocycles. The summed E-state index contributed by atoms with van der Waals surface area (Å²) in [5.74, 6) is 0. The zero-order valence-corrected chi connectivity index (χ0v) is 4.54. The maximum absolute atomic E-state index is 8.46. The molecule has 0 aliphatic heterocycles. The van der Waals surface area contributed by atoms with Crippen LogP contribution in [0.2, 0.25) is 0 Å². The summed E-state index contributed by atoms with van der Waals surface area (Å²) in [7, 11) is -0.833. The minimum atomic E-state index is -0.833. The van der Waals surface area contributed by atoms with Crippen molar-refractivity contribution in [1.82, 2.24) is 0 Å². The zero-order valence-electron chi connectivity index (χ0n) is 1.62. The van der Waals surface area contributed by atoms with Crippen LogP contribution in [-0.2, 0) is 4.57 Å². The second-order valence-electron chi connectivity index (χ2n) is 0.0816. The number of hydrogen-bond acceptors (Lipinski definition) is 1. The van der Waals surface area contributed by atoms with Crippen molar-refractivity contribution in [1.29, 1.82) is 0 Å². The summed E-state index contributed by atoms with van der Waals surface area (Å²) < 4.78 is 8.46. The molecule has 0 amide bonds. The Kier molecular flexibility index (Phi) is 19.9. The summed E-state index contributed by atoms with van der Waals surface area (Å²) in [6, 6.07) is 0. The first-order valence-electron chi connectivity index (χ1n) is 0.383. The molecule has 0 aromatic rings. The summed E-state index contributed by atoms with van der Waals surface area (Å²) in [6.45, 7) is 0. The van der Waals surface area contributed by atoms with E-state index < -0.39 is 8.69 Å².